The second-order valence-electron chi connectivity index (χ2n) is 2.58. The van der Waals surface area contributed by atoms with Gasteiger partial charge in [0, 0.05) is 25.4 Å². The van der Waals surface area contributed by atoms with Crippen LogP contribution in [0.2, 0.25) is 0 Å². The maximum Gasteiger partial charge on any atom is 0.247 e. The van der Waals surface area contributed by atoms with Crippen molar-refractivity contribution >= 4 is 10.0 Å². The molecule has 0 aromatic carbocycles. The number of pyridine rings is 1. The molecule has 0 atom stereocenters. The van der Waals surface area contributed by atoms with E-state index in [9.17, 15) is 13.2 Å². The molecule has 1 heterocycles. The third kappa shape index (κ3) is 2.66. The Bertz CT molecular complexity index is 431. The number of aromatic nitrogens is 1. The molecule has 0 saturated heterocycles. The SMILES string of the molecule is NCCNS(=O)(=O)c1ccc(=O)[nH]c1. The number of rotatable bonds is 4. The molecule has 0 aliphatic heterocycles. The Kier molecular flexibility index (Phi) is 3.39. The van der Waals surface area contributed by atoms with Crippen LogP contribution in [0.1, 0.15) is 0 Å². The minimum atomic E-state index is -3.54. The first-order valence-electron chi connectivity index (χ1n) is 3.95. The molecule has 14 heavy (non-hydrogen) atoms. The van der Waals surface area contributed by atoms with Gasteiger partial charge in [0.2, 0.25) is 15.6 Å². The quantitative estimate of drug-likeness (QED) is 0.577. The third-order valence-electron chi connectivity index (χ3n) is 1.50. The Morgan fingerprint density at radius 1 is 1.43 bits per heavy atom. The second-order valence-corrected chi connectivity index (χ2v) is 4.34. The molecule has 0 bridgehead atoms. The minimum absolute atomic E-state index is 0.0190. The summed E-state index contributed by atoms with van der Waals surface area (Å²) in [6.07, 6.45) is 1.14. The predicted octanol–water partition coefficient (Wildman–Crippen LogP) is -1.39. The molecule has 78 valence electrons. The van der Waals surface area contributed by atoms with E-state index in [-0.39, 0.29) is 23.5 Å². The molecule has 6 nitrogen and oxygen atoms in total. The van der Waals surface area contributed by atoms with Crippen LogP contribution in [0.5, 0.6) is 0 Å². The normalized spacial score (nSPS) is 11.5. The summed E-state index contributed by atoms with van der Waals surface area (Å²) in [5.41, 5.74) is 4.81. The average molecular weight is 217 g/mol. The molecule has 1 aromatic rings. The van der Waals surface area contributed by atoms with Gasteiger partial charge < -0.3 is 10.7 Å². The van der Waals surface area contributed by atoms with E-state index in [1.165, 1.54) is 6.07 Å². The van der Waals surface area contributed by atoms with Crippen molar-refractivity contribution in [2.75, 3.05) is 13.1 Å². The summed E-state index contributed by atoms with van der Waals surface area (Å²) in [6.45, 7) is 0.393. The van der Waals surface area contributed by atoms with Gasteiger partial charge in [0.05, 0.1) is 4.90 Å². The fourth-order valence-electron chi connectivity index (χ4n) is 0.840. The number of hydrogen-bond donors (Lipinski definition) is 3. The van der Waals surface area contributed by atoms with Crippen LogP contribution in [0.15, 0.2) is 28.0 Å². The van der Waals surface area contributed by atoms with Crippen molar-refractivity contribution in [1.82, 2.24) is 9.71 Å². The van der Waals surface area contributed by atoms with E-state index in [2.05, 4.69) is 9.71 Å². The van der Waals surface area contributed by atoms with Crippen molar-refractivity contribution in [1.29, 1.82) is 0 Å². The lowest BCUT2D eigenvalue weighted by molar-refractivity contribution is 0.581. The van der Waals surface area contributed by atoms with Crippen molar-refractivity contribution in [2.24, 2.45) is 5.73 Å². The van der Waals surface area contributed by atoms with Crippen LogP contribution < -0.4 is 16.0 Å². The van der Waals surface area contributed by atoms with Gasteiger partial charge in [-0.25, -0.2) is 13.1 Å². The topological polar surface area (TPSA) is 105 Å². The number of nitrogens with one attached hydrogen (secondary N) is 2. The molecular weight excluding hydrogens is 206 g/mol. The van der Waals surface area contributed by atoms with Gasteiger partial charge in [-0.3, -0.25) is 4.79 Å². The van der Waals surface area contributed by atoms with Gasteiger partial charge in [0.1, 0.15) is 0 Å². The molecule has 0 unspecified atom stereocenters. The largest absolute Gasteiger partial charge is 0.329 e. The zero-order valence-electron chi connectivity index (χ0n) is 7.36. The van der Waals surface area contributed by atoms with Crippen LogP contribution in [0.25, 0.3) is 0 Å². The van der Waals surface area contributed by atoms with Crippen molar-refractivity contribution in [3.8, 4) is 0 Å². The molecule has 0 saturated carbocycles. The summed E-state index contributed by atoms with van der Waals surface area (Å²) >= 11 is 0. The summed E-state index contributed by atoms with van der Waals surface area (Å²) in [5, 5.41) is 0. The summed E-state index contributed by atoms with van der Waals surface area (Å²) in [6, 6.07) is 2.38. The number of H-pyrrole nitrogens is 1. The first-order chi connectivity index (χ1) is 6.56. The molecular formula is C7H11N3O3S. The van der Waals surface area contributed by atoms with Crippen LogP contribution in [-0.2, 0) is 10.0 Å². The highest BCUT2D eigenvalue weighted by Crippen LogP contribution is 2.02. The van der Waals surface area contributed by atoms with Gasteiger partial charge >= 0.3 is 0 Å². The predicted molar refractivity (Wildman–Crippen MR) is 51.3 cm³/mol. The van der Waals surface area contributed by atoms with Crippen LogP contribution in [0.4, 0.5) is 0 Å². The van der Waals surface area contributed by atoms with Crippen LogP contribution in [-0.4, -0.2) is 26.5 Å². The highest BCUT2D eigenvalue weighted by Gasteiger charge is 2.12. The maximum atomic E-state index is 11.4. The Morgan fingerprint density at radius 2 is 2.14 bits per heavy atom. The smallest absolute Gasteiger partial charge is 0.247 e. The maximum absolute atomic E-state index is 11.4. The molecule has 1 aromatic heterocycles. The van der Waals surface area contributed by atoms with Gasteiger partial charge in [-0.05, 0) is 6.07 Å². The van der Waals surface area contributed by atoms with Gasteiger partial charge in [-0.15, -0.1) is 0 Å². The fourth-order valence-corrected chi connectivity index (χ4v) is 1.85. The fraction of sp³-hybridized carbons (Fsp3) is 0.286. The number of sulfonamides is 1. The monoisotopic (exact) mass is 217 g/mol. The van der Waals surface area contributed by atoms with E-state index in [0.717, 1.165) is 12.3 Å². The van der Waals surface area contributed by atoms with Gasteiger partial charge in [-0.1, -0.05) is 0 Å². The van der Waals surface area contributed by atoms with Gasteiger partial charge in [-0.2, -0.15) is 0 Å². The van der Waals surface area contributed by atoms with Crippen LogP contribution >= 0.6 is 0 Å². The van der Waals surface area contributed by atoms with Crippen molar-refractivity contribution < 1.29 is 8.42 Å². The summed E-state index contributed by atoms with van der Waals surface area (Å²) in [7, 11) is -3.54. The van der Waals surface area contributed by atoms with Gasteiger partial charge in [0.15, 0.2) is 0 Å². The third-order valence-corrected chi connectivity index (χ3v) is 2.96. The van der Waals surface area contributed by atoms with E-state index < -0.39 is 10.0 Å². The van der Waals surface area contributed by atoms with E-state index in [4.69, 9.17) is 5.73 Å². The number of nitrogens with two attached hydrogens (primary N) is 1. The highest BCUT2D eigenvalue weighted by molar-refractivity contribution is 7.89. The Labute approximate surface area is 81.2 Å². The number of hydrogen-bond acceptors (Lipinski definition) is 4. The first kappa shape index (κ1) is 10.9. The lowest BCUT2D eigenvalue weighted by atomic mass is 10.5. The average Bonchev–Trinajstić information content (AvgIpc) is 2.16. The number of aromatic amines is 1. The van der Waals surface area contributed by atoms with E-state index in [0.29, 0.717) is 0 Å². The molecule has 7 heteroatoms. The lowest BCUT2D eigenvalue weighted by Gasteiger charge is -2.03. The van der Waals surface area contributed by atoms with E-state index in [1.54, 1.807) is 0 Å². The minimum Gasteiger partial charge on any atom is -0.329 e. The molecule has 1 rings (SSSR count). The Morgan fingerprint density at radius 3 is 2.64 bits per heavy atom. The molecule has 0 radical (unpaired) electrons. The van der Waals surface area contributed by atoms with Crippen LogP contribution in [0.3, 0.4) is 0 Å². The lowest BCUT2D eigenvalue weighted by Crippen LogP contribution is -2.29. The zero-order valence-corrected chi connectivity index (χ0v) is 8.17. The molecule has 0 spiro atoms. The van der Waals surface area contributed by atoms with Crippen LogP contribution in [0, 0.1) is 0 Å². The van der Waals surface area contributed by atoms with E-state index in [1.807, 2.05) is 0 Å². The zero-order chi connectivity index (χ0) is 10.6. The summed E-state index contributed by atoms with van der Waals surface area (Å²) in [4.78, 5) is 13.0. The highest BCUT2D eigenvalue weighted by atomic mass is 32.2. The second kappa shape index (κ2) is 4.36. The molecule has 0 aliphatic rings. The van der Waals surface area contributed by atoms with Crippen molar-refractivity contribution in [3.05, 3.63) is 28.7 Å². The molecule has 4 N–H and O–H groups in total. The summed E-state index contributed by atoms with van der Waals surface area (Å²) in [5.74, 6) is 0. The molecule has 0 fully saturated rings. The van der Waals surface area contributed by atoms with Crippen molar-refractivity contribution in [2.45, 2.75) is 4.90 Å². The Balaban J connectivity index is 2.93. The molecule has 0 aliphatic carbocycles. The first-order valence-corrected chi connectivity index (χ1v) is 5.43. The Hall–Kier alpha value is -1.18. The molecule has 0 amide bonds. The van der Waals surface area contributed by atoms with Gasteiger partial charge in [0.25, 0.3) is 0 Å². The summed E-state index contributed by atoms with van der Waals surface area (Å²) < 4.78 is 25.1. The standard InChI is InChI=1S/C7H11N3O3S/c8-3-4-10-14(12,13)6-1-2-7(11)9-5-6/h1-2,5,10H,3-4,8H2,(H,9,11). The van der Waals surface area contributed by atoms with E-state index >= 15 is 0 Å². The van der Waals surface area contributed by atoms with Crippen molar-refractivity contribution in [3.63, 3.8) is 0 Å².